The van der Waals surface area contributed by atoms with Gasteiger partial charge in [-0.1, -0.05) is 20.8 Å². The van der Waals surface area contributed by atoms with Gasteiger partial charge in [-0.3, -0.25) is 4.57 Å². The zero-order chi connectivity index (χ0) is 13.9. The van der Waals surface area contributed by atoms with Crippen LogP contribution in [0.5, 0.6) is 0 Å². The van der Waals surface area contributed by atoms with Crippen molar-refractivity contribution in [2.45, 2.75) is 33.7 Å². The molecule has 2 heterocycles. The molecule has 0 saturated heterocycles. The first-order valence-electron chi connectivity index (χ1n) is 6.62. The summed E-state index contributed by atoms with van der Waals surface area (Å²) in [6, 6.07) is 3.52. The van der Waals surface area contributed by atoms with Crippen molar-refractivity contribution >= 4 is 11.2 Å². The van der Waals surface area contributed by atoms with Gasteiger partial charge in [0.25, 0.3) is 0 Å². The summed E-state index contributed by atoms with van der Waals surface area (Å²) in [5.41, 5.74) is 1.49. The first-order chi connectivity index (χ1) is 8.97. The van der Waals surface area contributed by atoms with Crippen molar-refractivity contribution in [2.24, 2.45) is 5.41 Å². The Morgan fingerprint density at radius 3 is 2.89 bits per heavy atom. The second-order valence-electron chi connectivity index (χ2n) is 5.91. The second-order valence-corrected chi connectivity index (χ2v) is 5.91. The minimum Gasteiger partial charge on any atom is -0.406 e. The summed E-state index contributed by atoms with van der Waals surface area (Å²) in [6.07, 6.45) is 2.77. The van der Waals surface area contributed by atoms with Gasteiger partial charge in [0.15, 0.2) is 11.2 Å². The van der Waals surface area contributed by atoms with Gasteiger partial charge in [0, 0.05) is 19.3 Å². The predicted molar refractivity (Wildman–Crippen MR) is 75.2 cm³/mol. The number of rotatable bonds is 5. The van der Waals surface area contributed by atoms with Crippen molar-refractivity contribution in [2.75, 3.05) is 13.1 Å². The van der Waals surface area contributed by atoms with E-state index in [4.69, 9.17) is 4.42 Å². The van der Waals surface area contributed by atoms with Crippen molar-refractivity contribution in [1.82, 2.24) is 14.9 Å². The maximum atomic E-state index is 11.7. The lowest BCUT2D eigenvalue weighted by Crippen LogP contribution is -2.27. The van der Waals surface area contributed by atoms with Crippen molar-refractivity contribution in [3.63, 3.8) is 0 Å². The molecule has 0 spiro atoms. The van der Waals surface area contributed by atoms with Gasteiger partial charge in [0.2, 0.25) is 0 Å². The predicted octanol–water partition coefficient (Wildman–Crippen LogP) is 2.02. The lowest BCUT2D eigenvalue weighted by molar-refractivity contribution is 0.364. The molecule has 0 amide bonds. The molecule has 0 saturated carbocycles. The van der Waals surface area contributed by atoms with E-state index >= 15 is 0 Å². The van der Waals surface area contributed by atoms with Crippen LogP contribution in [0.25, 0.3) is 11.2 Å². The summed E-state index contributed by atoms with van der Waals surface area (Å²) in [5, 5.41) is 3.34. The third-order valence-electron chi connectivity index (χ3n) is 2.99. The van der Waals surface area contributed by atoms with Gasteiger partial charge in [0.1, 0.15) is 0 Å². The highest BCUT2D eigenvalue weighted by Gasteiger charge is 2.10. The maximum Gasteiger partial charge on any atom is 0.421 e. The summed E-state index contributed by atoms with van der Waals surface area (Å²) in [4.78, 5) is 15.9. The summed E-state index contributed by atoms with van der Waals surface area (Å²) in [6.45, 7) is 8.90. The summed E-state index contributed by atoms with van der Waals surface area (Å²) < 4.78 is 6.70. The van der Waals surface area contributed by atoms with Gasteiger partial charge in [-0.05, 0) is 30.5 Å². The highest BCUT2D eigenvalue weighted by Crippen LogP contribution is 2.16. The number of pyridine rings is 1. The van der Waals surface area contributed by atoms with E-state index in [1.807, 2.05) is 0 Å². The van der Waals surface area contributed by atoms with Crippen molar-refractivity contribution in [3.05, 3.63) is 28.9 Å². The molecular formula is C14H21N3O2. The Bertz CT molecular complexity index is 592. The van der Waals surface area contributed by atoms with Gasteiger partial charge in [-0.25, -0.2) is 9.78 Å². The lowest BCUT2D eigenvalue weighted by atomic mass is 9.92. The Hall–Kier alpha value is -1.62. The first kappa shape index (κ1) is 13.8. The molecule has 1 N–H and O–H groups in total. The van der Waals surface area contributed by atoms with Crippen LogP contribution in [0, 0.1) is 5.41 Å². The fourth-order valence-corrected chi connectivity index (χ4v) is 1.88. The molecule has 2 aromatic heterocycles. The normalized spacial score (nSPS) is 12.2. The zero-order valence-electron chi connectivity index (χ0n) is 11.8. The van der Waals surface area contributed by atoms with E-state index in [-0.39, 0.29) is 5.76 Å². The molecule has 0 aliphatic rings. The Morgan fingerprint density at radius 2 is 2.16 bits per heavy atom. The number of nitrogens with one attached hydrogen (secondary N) is 1. The van der Waals surface area contributed by atoms with Crippen LogP contribution in [-0.2, 0) is 6.54 Å². The molecule has 0 aromatic carbocycles. The molecule has 104 valence electrons. The van der Waals surface area contributed by atoms with E-state index in [0.29, 0.717) is 23.2 Å². The van der Waals surface area contributed by atoms with Crippen molar-refractivity contribution in [1.29, 1.82) is 0 Å². The highest BCUT2D eigenvalue weighted by molar-refractivity contribution is 5.67. The molecule has 0 atom stereocenters. The summed E-state index contributed by atoms with van der Waals surface area (Å²) >= 11 is 0. The minimum absolute atomic E-state index is 0.327. The second kappa shape index (κ2) is 5.57. The number of hydrogen-bond donors (Lipinski definition) is 1. The fraction of sp³-hybridized carbons (Fsp3) is 0.571. The number of nitrogens with zero attached hydrogens (tertiary/aromatic N) is 2. The molecule has 0 fully saturated rings. The van der Waals surface area contributed by atoms with Gasteiger partial charge in [-0.2, -0.15) is 0 Å². The monoisotopic (exact) mass is 263 g/mol. The molecule has 2 aromatic rings. The van der Waals surface area contributed by atoms with Crippen molar-refractivity contribution < 1.29 is 4.42 Å². The van der Waals surface area contributed by atoms with Crippen LogP contribution >= 0.6 is 0 Å². The van der Waals surface area contributed by atoms with Crippen LogP contribution in [0.2, 0.25) is 0 Å². The minimum atomic E-state index is -0.341. The number of aromatic nitrogens is 2. The van der Waals surface area contributed by atoms with Gasteiger partial charge >= 0.3 is 5.76 Å². The van der Waals surface area contributed by atoms with E-state index in [2.05, 4.69) is 31.1 Å². The molecule has 0 radical (unpaired) electrons. The molecule has 2 rings (SSSR count). The third kappa shape index (κ3) is 3.67. The first-order valence-corrected chi connectivity index (χ1v) is 6.62. The highest BCUT2D eigenvalue weighted by atomic mass is 16.4. The van der Waals surface area contributed by atoms with Crippen LogP contribution in [-0.4, -0.2) is 22.6 Å². The molecular weight excluding hydrogens is 242 g/mol. The quantitative estimate of drug-likeness (QED) is 0.838. The number of oxazole rings is 1. The Kier molecular flexibility index (Phi) is 4.04. The van der Waals surface area contributed by atoms with Gasteiger partial charge in [0.05, 0.1) is 0 Å². The topological polar surface area (TPSA) is 60.1 Å². The van der Waals surface area contributed by atoms with Gasteiger partial charge in [-0.15, -0.1) is 0 Å². The average Bonchev–Trinajstić information content (AvgIpc) is 2.64. The number of fused-ring (bicyclic) bond motifs is 1. The van der Waals surface area contributed by atoms with Crippen LogP contribution in [0.4, 0.5) is 0 Å². The van der Waals surface area contributed by atoms with Crippen LogP contribution in [0.15, 0.2) is 27.5 Å². The van der Waals surface area contributed by atoms with E-state index in [1.54, 1.807) is 22.9 Å². The molecule has 19 heavy (non-hydrogen) atoms. The van der Waals surface area contributed by atoms with E-state index in [0.717, 1.165) is 19.5 Å². The molecule has 0 aliphatic carbocycles. The summed E-state index contributed by atoms with van der Waals surface area (Å²) in [7, 11) is 0. The molecule has 0 unspecified atom stereocenters. The van der Waals surface area contributed by atoms with Crippen LogP contribution in [0.1, 0.15) is 27.2 Å². The number of hydrogen-bond acceptors (Lipinski definition) is 4. The maximum absolute atomic E-state index is 11.7. The average molecular weight is 263 g/mol. The SMILES string of the molecule is CC(C)(C)CCNCCn1c(=O)oc2cccnc21. The van der Waals surface area contributed by atoms with Gasteiger partial charge < -0.3 is 9.73 Å². The van der Waals surface area contributed by atoms with E-state index < -0.39 is 0 Å². The molecule has 5 heteroatoms. The van der Waals surface area contributed by atoms with E-state index in [9.17, 15) is 4.79 Å². The molecule has 0 aliphatic heterocycles. The largest absolute Gasteiger partial charge is 0.421 e. The Balaban J connectivity index is 1.92. The molecule has 0 bridgehead atoms. The third-order valence-corrected chi connectivity index (χ3v) is 2.99. The molecule has 5 nitrogen and oxygen atoms in total. The standard InChI is InChI=1S/C14H21N3O2/c1-14(2,3)6-8-15-9-10-17-12-11(19-13(17)18)5-4-7-16-12/h4-5,7,15H,6,8-10H2,1-3H3. The van der Waals surface area contributed by atoms with E-state index in [1.165, 1.54) is 0 Å². The van der Waals surface area contributed by atoms with Crippen LogP contribution in [0.3, 0.4) is 0 Å². The van der Waals surface area contributed by atoms with Crippen LogP contribution < -0.4 is 11.1 Å². The lowest BCUT2D eigenvalue weighted by Gasteiger charge is -2.17. The Labute approximate surface area is 112 Å². The fourth-order valence-electron chi connectivity index (χ4n) is 1.88. The summed E-state index contributed by atoms with van der Waals surface area (Å²) in [5.74, 6) is -0.341. The zero-order valence-corrected chi connectivity index (χ0v) is 11.8. The smallest absolute Gasteiger partial charge is 0.406 e. The van der Waals surface area contributed by atoms with Crippen molar-refractivity contribution in [3.8, 4) is 0 Å². The Morgan fingerprint density at radius 1 is 1.37 bits per heavy atom.